The lowest BCUT2D eigenvalue weighted by atomic mass is 10.2. The number of halogens is 1. The van der Waals surface area contributed by atoms with Gasteiger partial charge in [-0.3, -0.25) is 4.99 Å². The van der Waals surface area contributed by atoms with E-state index in [9.17, 15) is 9.90 Å². The van der Waals surface area contributed by atoms with Gasteiger partial charge in [-0.15, -0.1) is 0 Å². The monoisotopic (exact) mass is 407 g/mol. The first-order valence-electron chi connectivity index (χ1n) is 8.70. The van der Waals surface area contributed by atoms with Crippen molar-refractivity contribution in [2.24, 2.45) is 4.99 Å². The van der Waals surface area contributed by atoms with Crippen LogP contribution in [0.15, 0.2) is 77.8 Å². The second-order valence-electron chi connectivity index (χ2n) is 5.99. The number of aromatic hydroxyl groups is 1. The maximum atomic E-state index is 12.1. The highest BCUT2D eigenvalue weighted by atomic mass is 35.5. The van der Waals surface area contributed by atoms with Crippen molar-refractivity contribution >= 4 is 35.5 Å². The van der Waals surface area contributed by atoms with Crippen molar-refractivity contribution in [2.75, 3.05) is 7.11 Å². The topological polar surface area (TPSA) is 68.1 Å². The molecule has 3 aromatic carbocycles. The predicted octanol–water partition coefficient (Wildman–Crippen LogP) is 5.42. The fraction of sp³-hybridized carbons (Fsp3) is 0.0435. The number of carbonyl (C=O) groups is 1. The smallest absolute Gasteiger partial charge is 0.336 e. The van der Waals surface area contributed by atoms with Crippen molar-refractivity contribution in [1.82, 2.24) is 0 Å². The average molecular weight is 408 g/mol. The molecule has 0 unspecified atom stereocenters. The van der Waals surface area contributed by atoms with E-state index in [1.54, 1.807) is 79.0 Å². The molecule has 0 heterocycles. The van der Waals surface area contributed by atoms with E-state index in [2.05, 4.69) is 4.99 Å². The summed E-state index contributed by atoms with van der Waals surface area (Å²) < 4.78 is 10.7. The summed E-state index contributed by atoms with van der Waals surface area (Å²) in [6.07, 6.45) is 4.63. The first-order valence-corrected chi connectivity index (χ1v) is 9.08. The van der Waals surface area contributed by atoms with E-state index in [4.69, 9.17) is 21.1 Å². The maximum Gasteiger partial charge on any atom is 0.336 e. The minimum absolute atomic E-state index is 0.182. The van der Waals surface area contributed by atoms with Crippen molar-refractivity contribution in [3.05, 3.63) is 89.0 Å². The summed E-state index contributed by atoms with van der Waals surface area (Å²) in [6.45, 7) is 0. The number of esters is 1. The summed E-state index contributed by atoms with van der Waals surface area (Å²) in [7, 11) is 1.50. The molecule has 0 spiro atoms. The molecule has 0 aliphatic carbocycles. The molecule has 0 aliphatic heterocycles. The number of rotatable bonds is 6. The molecule has 3 rings (SSSR count). The minimum atomic E-state index is -0.524. The van der Waals surface area contributed by atoms with Gasteiger partial charge in [0.15, 0.2) is 11.5 Å². The second-order valence-corrected chi connectivity index (χ2v) is 6.43. The van der Waals surface area contributed by atoms with Crippen LogP contribution >= 0.6 is 11.6 Å². The van der Waals surface area contributed by atoms with Crippen molar-refractivity contribution < 1.29 is 19.4 Å². The average Bonchev–Trinajstić information content (AvgIpc) is 2.73. The zero-order chi connectivity index (χ0) is 20.6. The third-order valence-corrected chi connectivity index (χ3v) is 4.14. The summed E-state index contributed by atoms with van der Waals surface area (Å²) >= 11 is 5.84. The van der Waals surface area contributed by atoms with E-state index in [0.29, 0.717) is 22.2 Å². The largest absolute Gasteiger partial charge is 0.508 e. The molecule has 0 aromatic heterocycles. The predicted molar refractivity (Wildman–Crippen MR) is 114 cm³/mol. The van der Waals surface area contributed by atoms with Gasteiger partial charge in [-0.2, -0.15) is 0 Å². The number of ether oxygens (including phenoxy) is 2. The number of hydrogen-bond donors (Lipinski definition) is 1. The summed E-state index contributed by atoms with van der Waals surface area (Å²) in [5, 5.41) is 9.93. The van der Waals surface area contributed by atoms with Crippen LogP contribution in [0.1, 0.15) is 11.1 Å². The van der Waals surface area contributed by atoms with E-state index < -0.39 is 5.97 Å². The number of aliphatic imine (C=N–C) groups is 1. The van der Waals surface area contributed by atoms with E-state index in [1.807, 2.05) is 0 Å². The van der Waals surface area contributed by atoms with Crippen molar-refractivity contribution in [1.29, 1.82) is 0 Å². The Morgan fingerprint density at radius 2 is 1.66 bits per heavy atom. The van der Waals surface area contributed by atoms with E-state index in [1.165, 1.54) is 13.2 Å². The molecule has 0 bridgehead atoms. The van der Waals surface area contributed by atoms with Crippen LogP contribution in [0.3, 0.4) is 0 Å². The van der Waals surface area contributed by atoms with Gasteiger partial charge in [0, 0.05) is 17.3 Å². The van der Waals surface area contributed by atoms with Crippen LogP contribution in [0.25, 0.3) is 6.08 Å². The Hall–Kier alpha value is -3.57. The van der Waals surface area contributed by atoms with Gasteiger partial charge in [0.05, 0.1) is 12.8 Å². The molecular formula is C23H18ClNO4. The van der Waals surface area contributed by atoms with E-state index in [-0.39, 0.29) is 5.75 Å². The number of hydrogen-bond acceptors (Lipinski definition) is 5. The quantitative estimate of drug-likeness (QED) is 0.256. The number of benzene rings is 3. The number of carbonyl (C=O) groups excluding carboxylic acids is 1. The van der Waals surface area contributed by atoms with Crippen molar-refractivity contribution in [2.45, 2.75) is 0 Å². The highest BCUT2D eigenvalue weighted by Crippen LogP contribution is 2.28. The van der Waals surface area contributed by atoms with Gasteiger partial charge in [0.1, 0.15) is 5.75 Å². The van der Waals surface area contributed by atoms with Crippen LogP contribution < -0.4 is 9.47 Å². The lowest BCUT2D eigenvalue weighted by Crippen LogP contribution is -2.05. The Labute approximate surface area is 173 Å². The lowest BCUT2D eigenvalue weighted by Gasteiger charge is -2.08. The maximum absolute atomic E-state index is 12.1. The van der Waals surface area contributed by atoms with Gasteiger partial charge < -0.3 is 14.6 Å². The highest BCUT2D eigenvalue weighted by molar-refractivity contribution is 6.30. The number of nitrogens with zero attached hydrogens (tertiary/aromatic N) is 1. The van der Waals surface area contributed by atoms with Crippen molar-refractivity contribution in [3.8, 4) is 17.2 Å². The molecule has 0 saturated carbocycles. The third-order valence-electron chi connectivity index (χ3n) is 3.89. The van der Waals surface area contributed by atoms with E-state index in [0.717, 1.165) is 11.1 Å². The molecular weight excluding hydrogens is 390 g/mol. The molecule has 0 saturated heterocycles. The van der Waals surface area contributed by atoms with Crippen LogP contribution in [-0.4, -0.2) is 24.4 Å². The third kappa shape index (κ3) is 5.96. The molecule has 5 nitrogen and oxygen atoms in total. The Morgan fingerprint density at radius 1 is 0.966 bits per heavy atom. The molecule has 0 fully saturated rings. The minimum Gasteiger partial charge on any atom is -0.508 e. The molecule has 29 heavy (non-hydrogen) atoms. The number of phenolic OH excluding ortho intramolecular Hbond substituents is 1. The van der Waals surface area contributed by atoms with Crippen LogP contribution in [0.4, 0.5) is 5.69 Å². The summed E-state index contributed by atoms with van der Waals surface area (Å²) in [6, 6.07) is 18.7. The molecule has 0 aliphatic rings. The van der Waals surface area contributed by atoms with Gasteiger partial charge in [0.25, 0.3) is 0 Å². The first kappa shape index (κ1) is 20.2. The fourth-order valence-electron chi connectivity index (χ4n) is 2.42. The first-order chi connectivity index (χ1) is 14.0. The Kier molecular flexibility index (Phi) is 6.66. The van der Waals surface area contributed by atoms with Gasteiger partial charge in [-0.25, -0.2) is 4.79 Å². The molecule has 3 aromatic rings. The van der Waals surface area contributed by atoms with Crippen LogP contribution in [0.2, 0.25) is 5.02 Å². The second kappa shape index (κ2) is 9.57. The lowest BCUT2D eigenvalue weighted by molar-refractivity contribution is -0.129. The SMILES string of the molecule is COc1cc(C=Nc2ccc(O)cc2)ccc1OC(=O)/C=C/c1ccc(Cl)cc1. The van der Waals surface area contributed by atoms with Gasteiger partial charge in [-0.1, -0.05) is 23.7 Å². The fourth-order valence-corrected chi connectivity index (χ4v) is 2.54. The summed E-state index contributed by atoms with van der Waals surface area (Å²) in [4.78, 5) is 16.4. The van der Waals surface area contributed by atoms with Gasteiger partial charge >= 0.3 is 5.97 Å². The molecule has 0 radical (unpaired) electrons. The molecule has 1 N–H and O–H groups in total. The molecule has 0 amide bonds. The van der Waals surface area contributed by atoms with Gasteiger partial charge in [0.2, 0.25) is 0 Å². The van der Waals surface area contributed by atoms with Crippen LogP contribution in [0.5, 0.6) is 17.2 Å². The zero-order valence-corrected chi connectivity index (χ0v) is 16.3. The zero-order valence-electron chi connectivity index (χ0n) is 15.6. The summed E-state index contributed by atoms with van der Waals surface area (Å²) in [5.74, 6) is 0.374. The molecule has 6 heteroatoms. The molecule has 0 atom stereocenters. The Balaban J connectivity index is 1.68. The van der Waals surface area contributed by atoms with Crippen molar-refractivity contribution in [3.63, 3.8) is 0 Å². The highest BCUT2D eigenvalue weighted by Gasteiger charge is 2.08. The van der Waals surface area contributed by atoms with Crippen LogP contribution in [-0.2, 0) is 4.79 Å². The Bertz CT molecular complexity index is 1040. The number of phenols is 1. The normalized spacial score (nSPS) is 11.1. The van der Waals surface area contributed by atoms with Gasteiger partial charge in [-0.05, 0) is 71.8 Å². The Morgan fingerprint density at radius 3 is 2.34 bits per heavy atom. The standard InChI is InChI=1S/C23H18ClNO4/c1-28-22-14-17(15-25-19-8-10-20(26)11-9-19)4-12-21(22)29-23(27)13-5-16-2-6-18(24)7-3-16/h2-15,26H,1H3/b13-5+,25-15?. The van der Waals surface area contributed by atoms with E-state index >= 15 is 0 Å². The molecule has 146 valence electrons. The van der Waals surface area contributed by atoms with Crippen LogP contribution in [0, 0.1) is 0 Å². The number of methoxy groups -OCH3 is 1. The summed E-state index contributed by atoms with van der Waals surface area (Å²) in [5.41, 5.74) is 2.30.